The molecule has 5 heteroatoms. The van der Waals surface area contributed by atoms with E-state index < -0.39 is 0 Å². The minimum absolute atomic E-state index is 0.0707. The molecule has 0 radical (unpaired) electrons. The van der Waals surface area contributed by atoms with Crippen molar-refractivity contribution in [2.75, 3.05) is 19.1 Å². The number of thiophene rings is 1. The van der Waals surface area contributed by atoms with Gasteiger partial charge >= 0.3 is 0 Å². The first kappa shape index (κ1) is 15.4. The fourth-order valence-electron chi connectivity index (χ4n) is 2.26. The molecule has 3 nitrogen and oxygen atoms in total. The Hall–Kier alpha value is -1.04. The Balaban J connectivity index is 2.31. The zero-order valence-electron chi connectivity index (χ0n) is 11.9. The Morgan fingerprint density at radius 1 is 1.45 bits per heavy atom. The molecule has 2 aromatic rings. The SMILES string of the molecule is COc1cccc(N(C)Cc2cc(Br)cs2)c1[C@H](C)N. The van der Waals surface area contributed by atoms with E-state index in [-0.39, 0.29) is 6.04 Å². The van der Waals surface area contributed by atoms with E-state index >= 15 is 0 Å². The van der Waals surface area contributed by atoms with E-state index in [0.717, 1.165) is 28.0 Å². The first-order chi connectivity index (χ1) is 9.52. The van der Waals surface area contributed by atoms with Crippen LogP contribution in [-0.4, -0.2) is 14.2 Å². The summed E-state index contributed by atoms with van der Waals surface area (Å²) >= 11 is 5.24. The summed E-state index contributed by atoms with van der Waals surface area (Å²) in [4.78, 5) is 3.51. The number of rotatable bonds is 5. The maximum Gasteiger partial charge on any atom is 0.125 e. The molecule has 108 valence electrons. The summed E-state index contributed by atoms with van der Waals surface area (Å²) in [6, 6.07) is 8.12. The quantitative estimate of drug-likeness (QED) is 0.875. The lowest BCUT2D eigenvalue weighted by molar-refractivity contribution is 0.407. The molecule has 0 aliphatic heterocycles. The molecule has 1 atom stereocenters. The van der Waals surface area contributed by atoms with Crippen LogP contribution >= 0.6 is 27.3 Å². The van der Waals surface area contributed by atoms with Gasteiger partial charge in [0.05, 0.1) is 13.7 Å². The van der Waals surface area contributed by atoms with Crippen LogP contribution in [0, 0.1) is 0 Å². The van der Waals surface area contributed by atoms with E-state index in [4.69, 9.17) is 10.5 Å². The van der Waals surface area contributed by atoms with Gasteiger partial charge in [-0.2, -0.15) is 0 Å². The Morgan fingerprint density at radius 2 is 2.20 bits per heavy atom. The number of nitrogens with zero attached hydrogens (tertiary/aromatic N) is 1. The van der Waals surface area contributed by atoms with Gasteiger partial charge < -0.3 is 15.4 Å². The Morgan fingerprint density at radius 3 is 2.75 bits per heavy atom. The number of anilines is 1. The standard InChI is InChI=1S/C15H19BrN2OS/c1-10(17)15-13(5-4-6-14(15)19-3)18(2)8-12-7-11(16)9-20-12/h4-7,9-10H,8,17H2,1-3H3/t10-/m0/s1. The van der Waals surface area contributed by atoms with E-state index in [9.17, 15) is 0 Å². The van der Waals surface area contributed by atoms with Gasteiger partial charge in [0.2, 0.25) is 0 Å². The van der Waals surface area contributed by atoms with Gasteiger partial charge in [-0.3, -0.25) is 0 Å². The lowest BCUT2D eigenvalue weighted by Crippen LogP contribution is -2.20. The minimum atomic E-state index is -0.0707. The van der Waals surface area contributed by atoms with Crippen molar-refractivity contribution < 1.29 is 4.74 Å². The molecule has 2 rings (SSSR count). The third kappa shape index (κ3) is 3.34. The fourth-order valence-corrected chi connectivity index (χ4v) is 3.76. The van der Waals surface area contributed by atoms with Crippen LogP contribution in [0.2, 0.25) is 0 Å². The lowest BCUT2D eigenvalue weighted by atomic mass is 10.0. The van der Waals surface area contributed by atoms with E-state index in [1.54, 1.807) is 18.4 Å². The van der Waals surface area contributed by atoms with Crippen LogP contribution in [0.25, 0.3) is 0 Å². The fraction of sp³-hybridized carbons (Fsp3) is 0.333. The van der Waals surface area contributed by atoms with E-state index in [1.165, 1.54) is 4.88 Å². The van der Waals surface area contributed by atoms with E-state index in [0.29, 0.717) is 0 Å². The van der Waals surface area contributed by atoms with Crippen molar-refractivity contribution in [3.63, 3.8) is 0 Å². The first-order valence-corrected chi connectivity index (χ1v) is 8.06. The molecule has 0 amide bonds. The molecule has 0 saturated heterocycles. The second-order valence-electron chi connectivity index (χ2n) is 4.77. The van der Waals surface area contributed by atoms with Gasteiger partial charge in [-0.1, -0.05) is 6.07 Å². The third-order valence-corrected chi connectivity index (χ3v) is 4.83. The molecule has 0 saturated carbocycles. The maximum atomic E-state index is 6.11. The number of hydrogen-bond acceptors (Lipinski definition) is 4. The summed E-state index contributed by atoms with van der Waals surface area (Å²) in [6.45, 7) is 2.83. The van der Waals surface area contributed by atoms with Gasteiger partial charge in [0.15, 0.2) is 0 Å². The molecule has 0 bridgehead atoms. The zero-order chi connectivity index (χ0) is 14.7. The van der Waals surface area contributed by atoms with Crippen LogP contribution in [0.1, 0.15) is 23.4 Å². The highest BCUT2D eigenvalue weighted by Crippen LogP contribution is 2.34. The van der Waals surface area contributed by atoms with Crippen molar-refractivity contribution >= 4 is 33.0 Å². The number of methoxy groups -OCH3 is 1. The highest BCUT2D eigenvalue weighted by molar-refractivity contribution is 9.10. The summed E-state index contributed by atoms with van der Waals surface area (Å²) in [5.41, 5.74) is 8.28. The van der Waals surface area contributed by atoms with Crippen molar-refractivity contribution in [2.45, 2.75) is 19.5 Å². The lowest BCUT2D eigenvalue weighted by Gasteiger charge is -2.25. The molecule has 2 N–H and O–H groups in total. The monoisotopic (exact) mass is 354 g/mol. The van der Waals surface area contributed by atoms with Crippen molar-refractivity contribution in [3.05, 3.63) is 44.6 Å². The van der Waals surface area contributed by atoms with Gasteiger partial charge in [-0.05, 0) is 41.1 Å². The van der Waals surface area contributed by atoms with Crippen molar-refractivity contribution in [3.8, 4) is 5.75 Å². The molecule has 0 fully saturated rings. The summed E-state index contributed by atoms with van der Waals surface area (Å²) in [5, 5.41) is 2.10. The van der Waals surface area contributed by atoms with E-state index in [2.05, 4.69) is 45.4 Å². The van der Waals surface area contributed by atoms with Gasteiger partial charge in [-0.25, -0.2) is 0 Å². The molecular weight excluding hydrogens is 336 g/mol. The van der Waals surface area contributed by atoms with Crippen LogP contribution in [-0.2, 0) is 6.54 Å². The Bertz CT molecular complexity index is 583. The Kier molecular flexibility index (Phi) is 5.07. The average Bonchev–Trinajstić information content (AvgIpc) is 2.82. The minimum Gasteiger partial charge on any atom is -0.496 e. The smallest absolute Gasteiger partial charge is 0.125 e. The molecule has 1 aromatic carbocycles. The predicted octanol–water partition coefficient (Wildman–Crippen LogP) is 4.18. The number of nitrogens with two attached hydrogens (primary N) is 1. The third-order valence-electron chi connectivity index (χ3n) is 3.14. The summed E-state index contributed by atoms with van der Waals surface area (Å²) in [5.74, 6) is 0.844. The largest absolute Gasteiger partial charge is 0.496 e. The number of benzene rings is 1. The van der Waals surface area contributed by atoms with E-state index in [1.807, 2.05) is 19.1 Å². The van der Waals surface area contributed by atoms with Gasteiger partial charge in [0, 0.05) is 39.1 Å². The molecule has 1 aromatic heterocycles. The van der Waals surface area contributed by atoms with Crippen LogP contribution in [0.5, 0.6) is 5.75 Å². The number of halogens is 1. The second-order valence-corrected chi connectivity index (χ2v) is 6.68. The van der Waals surface area contributed by atoms with Gasteiger partial charge in [0.1, 0.15) is 5.75 Å². The zero-order valence-corrected chi connectivity index (χ0v) is 14.3. The van der Waals surface area contributed by atoms with Crippen molar-refractivity contribution in [2.24, 2.45) is 5.73 Å². The summed E-state index contributed by atoms with van der Waals surface area (Å²) in [6.07, 6.45) is 0. The molecule has 0 aliphatic carbocycles. The summed E-state index contributed by atoms with van der Waals surface area (Å²) in [7, 11) is 3.76. The van der Waals surface area contributed by atoms with Crippen LogP contribution in [0.15, 0.2) is 34.1 Å². The predicted molar refractivity (Wildman–Crippen MR) is 89.7 cm³/mol. The van der Waals surface area contributed by atoms with Crippen LogP contribution < -0.4 is 15.4 Å². The van der Waals surface area contributed by atoms with Crippen LogP contribution in [0.4, 0.5) is 5.69 Å². The van der Waals surface area contributed by atoms with Crippen LogP contribution in [0.3, 0.4) is 0 Å². The number of hydrogen-bond donors (Lipinski definition) is 1. The molecule has 0 spiro atoms. The molecule has 20 heavy (non-hydrogen) atoms. The topological polar surface area (TPSA) is 38.5 Å². The second kappa shape index (κ2) is 6.61. The van der Waals surface area contributed by atoms with Gasteiger partial charge in [-0.15, -0.1) is 11.3 Å². The first-order valence-electron chi connectivity index (χ1n) is 6.39. The Labute approximate surface area is 132 Å². The highest BCUT2D eigenvalue weighted by atomic mass is 79.9. The maximum absolute atomic E-state index is 6.11. The average molecular weight is 355 g/mol. The number of ether oxygens (including phenoxy) is 1. The summed E-state index contributed by atoms with van der Waals surface area (Å²) < 4.78 is 6.57. The van der Waals surface area contributed by atoms with Crippen molar-refractivity contribution in [1.82, 2.24) is 0 Å². The highest BCUT2D eigenvalue weighted by Gasteiger charge is 2.16. The molecule has 0 aliphatic rings. The molecular formula is C15H19BrN2OS. The van der Waals surface area contributed by atoms with Crippen molar-refractivity contribution in [1.29, 1.82) is 0 Å². The normalized spacial score (nSPS) is 12.2. The molecule has 0 unspecified atom stereocenters. The van der Waals surface area contributed by atoms with Gasteiger partial charge in [0.25, 0.3) is 0 Å². The molecule has 1 heterocycles.